The van der Waals surface area contributed by atoms with Crippen molar-refractivity contribution in [3.8, 4) is 28.4 Å². The lowest BCUT2D eigenvalue weighted by Crippen LogP contribution is -2.55. The van der Waals surface area contributed by atoms with Gasteiger partial charge in [0.2, 0.25) is 17.6 Å². The zero-order valence-corrected chi connectivity index (χ0v) is 25.6. The molecule has 0 aliphatic carbocycles. The summed E-state index contributed by atoms with van der Waals surface area (Å²) in [5.74, 6) is -0.347. The fraction of sp³-hybridized carbons (Fsp3) is 0.375. The molecule has 11 heteroatoms. The molecule has 3 unspecified atom stereocenters. The van der Waals surface area contributed by atoms with E-state index in [0.29, 0.717) is 29.4 Å². The maximum atomic E-state index is 13.7. The molecular weight excluding hydrogens is 549 g/mol. The number of hydrogen-bond donors (Lipinski definition) is 5. The zero-order chi connectivity index (χ0) is 31.5. The van der Waals surface area contributed by atoms with E-state index in [4.69, 9.17) is 14.2 Å². The summed E-state index contributed by atoms with van der Waals surface area (Å²) in [5, 5.41) is 28.2. The molecule has 0 heterocycles. The first-order chi connectivity index (χ1) is 20.6. The molecule has 43 heavy (non-hydrogen) atoms. The SMILES string of the molecule is COc1cc(CC(Nc2cccc(-c3ccccc3)c2)C(=O)NC(C)C(=O)NC(CC(C)C)B(O)O)cc(OC)c1OC. The Labute approximate surface area is 253 Å². The van der Waals surface area contributed by atoms with Crippen molar-refractivity contribution in [2.24, 2.45) is 5.92 Å². The highest BCUT2D eigenvalue weighted by molar-refractivity contribution is 6.43. The number of nitrogens with one attached hydrogen (secondary N) is 3. The summed E-state index contributed by atoms with van der Waals surface area (Å²) in [7, 11) is 2.84. The molecule has 2 amide bonds. The summed E-state index contributed by atoms with van der Waals surface area (Å²) >= 11 is 0. The summed E-state index contributed by atoms with van der Waals surface area (Å²) in [6, 6.07) is 19.4. The van der Waals surface area contributed by atoms with Gasteiger partial charge < -0.3 is 40.2 Å². The predicted molar refractivity (Wildman–Crippen MR) is 168 cm³/mol. The minimum absolute atomic E-state index is 0.121. The van der Waals surface area contributed by atoms with Crippen LogP contribution in [0.3, 0.4) is 0 Å². The lowest BCUT2D eigenvalue weighted by molar-refractivity contribution is -0.129. The Morgan fingerprint density at radius 3 is 1.98 bits per heavy atom. The Hall–Kier alpha value is -4.22. The van der Waals surface area contributed by atoms with E-state index in [2.05, 4.69) is 16.0 Å². The molecule has 0 bridgehead atoms. The Kier molecular flexibility index (Phi) is 12.3. The molecule has 0 aromatic heterocycles. The fourth-order valence-corrected chi connectivity index (χ4v) is 4.77. The van der Waals surface area contributed by atoms with Crippen LogP contribution in [0.4, 0.5) is 5.69 Å². The highest BCUT2D eigenvalue weighted by atomic mass is 16.5. The smallest absolute Gasteiger partial charge is 0.475 e. The fourth-order valence-electron chi connectivity index (χ4n) is 4.77. The van der Waals surface area contributed by atoms with Gasteiger partial charge in [0.15, 0.2) is 11.5 Å². The molecule has 0 radical (unpaired) electrons. The molecule has 5 N–H and O–H groups in total. The number of anilines is 1. The molecule has 230 valence electrons. The summed E-state index contributed by atoms with van der Waals surface area (Å²) in [4.78, 5) is 26.6. The Balaban J connectivity index is 1.89. The molecule has 0 saturated heterocycles. The van der Waals surface area contributed by atoms with Crippen LogP contribution in [0.1, 0.15) is 32.8 Å². The van der Waals surface area contributed by atoms with Crippen LogP contribution in [0, 0.1) is 5.92 Å². The third-order valence-corrected chi connectivity index (χ3v) is 6.96. The van der Waals surface area contributed by atoms with Crippen molar-refractivity contribution < 1.29 is 33.8 Å². The quantitative estimate of drug-likeness (QED) is 0.170. The number of carbonyl (C=O) groups is 2. The Morgan fingerprint density at radius 2 is 1.42 bits per heavy atom. The third kappa shape index (κ3) is 9.39. The maximum absolute atomic E-state index is 13.7. The van der Waals surface area contributed by atoms with E-state index in [1.54, 1.807) is 19.1 Å². The largest absolute Gasteiger partial charge is 0.493 e. The van der Waals surface area contributed by atoms with Gasteiger partial charge in [-0.1, -0.05) is 56.3 Å². The number of amides is 2. The predicted octanol–water partition coefficient (Wildman–Crippen LogP) is 3.45. The van der Waals surface area contributed by atoms with E-state index in [1.807, 2.05) is 68.4 Å². The van der Waals surface area contributed by atoms with Gasteiger partial charge in [0.05, 0.1) is 27.3 Å². The topological polar surface area (TPSA) is 138 Å². The molecule has 3 rings (SSSR count). The number of benzene rings is 3. The number of rotatable bonds is 15. The van der Waals surface area contributed by atoms with Gasteiger partial charge in [-0.15, -0.1) is 0 Å². The monoisotopic (exact) mass is 591 g/mol. The number of carbonyl (C=O) groups excluding carboxylic acids is 2. The second kappa shape index (κ2) is 15.9. The van der Waals surface area contributed by atoms with Crippen LogP contribution in [-0.4, -0.2) is 68.3 Å². The lowest BCUT2D eigenvalue weighted by Gasteiger charge is -2.25. The van der Waals surface area contributed by atoms with E-state index in [-0.39, 0.29) is 12.3 Å². The van der Waals surface area contributed by atoms with E-state index >= 15 is 0 Å². The summed E-state index contributed by atoms with van der Waals surface area (Å²) in [6.45, 7) is 5.38. The maximum Gasteiger partial charge on any atom is 0.475 e. The summed E-state index contributed by atoms with van der Waals surface area (Å²) in [5.41, 5.74) is 3.46. The van der Waals surface area contributed by atoms with Crippen LogP contribution in [0.25, 0.3) is 11.1 Å². The van der Waals surface area contributed by atoms with Crippen molar-refractivity contribution in [2.75, 3.05) is 26.6 Å². The standard InChI is InChI=1S/C32H42BN3O7/c1-20(2)15-29(33(39)40)36-31(37)21(3)34-32(38)26(16-22-17-27(41-4)30(43-6)28(18-22)42-5)35-25-14-10-13-24(19-25)23-11-8-7-9-12-23/h7-14,17-21,26,29,35,39-40H,15-16H2,1-6H3,(H,34,38)(H,36,37). The minimum atomic E-state index is -1.72. The van der Waals surface area contributed by atoms with Gasteiger partial charge in [-0.3, -0.25) is 9.59 Å². The second-order valence-corrected chi connectivity index (χ2v) is 10.8. The van der Waals surface area contributed by atoms with Crippen molar-refractivity contribution in [3.05, 3.63) is 72.3 Å². The second-order valence-electron chi connectivity index (χ2n) is 10.8. The normalized spacial score (nSPS) is 13.0. The van der Waals surface area contributed by atoms with Gasteiger partial charge >= 0.3 is 7.12 Å². The van der Waals surface area contributed by atoms with Gasteiger partial charge in [-0.2, -0.15) is 0 Å². The molecule has 3 atom stereocenters. The van der Waals surface area contributed by atoms with E-state index in [1.165, 1.54) is 21.3 Å². The van der Waals surface area contributed by atoms with E-state index < -0.39 is 37.0 Å². The number of ether oxygens (including phenoxy) is 3. The minimum Gasteiger partial charge on any atom is -0.493 e. The van der Waals surface area contributed by atoms with Gasteiger partial charge in [-0.25, -0.2) is 0 Å². The summed E-state index contributed by atoms with van der Waals surface area (Å²) < 4.78 is 16.5. The van der Waals surface area contributed by atoms with Gasteiger partial charge in [0, 0.05) is 12.1 Å². The van der Waals surface area contributed by atoms with Gasteiger partial charge in [0.1, 0.15) is 12.1 Å². The Morgan fingerprint density at radius 1 is 0.791 bits per heavy atom. The van der Waals surface area contributed by atoms with Crippen LogP contribution >= 0.6 is 0 Å². The Bertz CT molecular complexity index is 1330. The first kappa shape index (κ1) is 33.3. The molecule has 0 fully saturated rings. The third-order valence-electron chi connectivity index (χ3n) is 6.96. The first-order valence-electron chi connectivity index (χ1n) is 14.2. The van der Waals surface area contributed by atoms with Crippen LogP contribution in [0.5, 0.6) is 17.2 Å². The molecule has 3 aromatic carbocycles. The van der Waals surface area contributed by atoms with Crippen LogP contribution in [-0.2, 0) is 16.0 Å². The van der Waals surface area contributed by atoms with Crippen molar-refractivity contribution in [2.45, 2.75) is 51.6 Å². The van der Waals surface area contributed by atoms with Crippen molar-refractivity contribution >= 4 is 24.6 Å². The molecule has 3 aromatic rings. The van der Waals surface area contributed by atoms with Crippen LogP contribution < -0.4 is 30.2 Å². The van der Waals surface area contributed by atoms with Gasteiger partial charge in [0.25, 0.3) is 0 Å². The van der Waals surface area contributed by atoms with Gasteiger partial charge in [-0.05, 0) is 60.2 Å². The molecular formula is C32H42BN3O7. The van der Waals surface area contributed by atoms with Crippen molar-refractivity contribution in [3.63, 3.8) is 0 Å². The lowest BCUT2D eigenvalue weighted by atomic mass is 9.75. The number of methoxy groups -OCH3 is 3. The highest BCUT2D eigenvalue weighted by Crippen LogP contribution is 2.38. The molecule has 0 aliphatic rings. The average molecular weight is 592 g/mol. The van der Waals surface area contributed by atoms with Crippen LogP contribution in [0.2, 0.25) is 0 Å². The molecule has 10 nitrogen and oxygen atoms in total. The molecule has 0 spiro atoms. The highest BCUT2D eigenvalue weighted by Gasteiger charge is 2.30. The zero-order valence-electron chi connectivity index (χ0n) is 25.6. The summed E-state index contributed by atoms with van der Waals surface area (Å²) in [6.07, 6.45) is 0.588. The van der Waals surface area contributed by atoms with E-state index in [0.717, 1.165) is 16.7 Å². The van der Waals surface area contributed by atoms with Crippen molar-refractivity contribution in [1.29, 1.82) is 0 Å². The molecule has 0 aliphatic heterocycles. The van der Waals surface area contributed by atoms with Crippen molar-refractivity contribution in [1.82, 2.24) is 10.6 Å². The first-order valence-corrected chi connectivity index (χ1v) is 14.2. The molecule has 0 saturated carbocycles. The average Bonchev–Trinajstić information content (AvgIpc) is 2.99. The van der Waals surface area contributed by atoms with Crippen LogP contribution in [0.15, 0.2) is 66.7 Å². The van der Waals surface area contributed by atoms with E-state index in [9.17, 15) is 19.6 Å². The number of hydrogen-bond acceptors (Lipinski definition) is 8.